The Morgan fingerprint density at radius 1 is 1.21 bits per heavy atom. The first kappa shape index (κ1) is 15.5. The molecule has 2 aromatic rings. The van der Waals surface area contributed by atoms with Crippen LogP contribution in [0.3, 0.4) is 0 Å². The first-order chi connectivity index (χ1) is 11.8. The molecule has 3 atom stereocenters. The number of rotatable bonds is 4. The van der Waals surface area contributed by atoms with Crippen molar-refractivity contribution >= 4 is 16.9 Å². The van der Waals surface area contributed by atoms with Gasteiger partial charge in [0.05, 0.1) is 18.3 Å². The van der Waals surface area contributed by atoms with E-state index in [1.54, 1.807) is 0 Å². The highest BCUT2D eigenvalue weighted by Crippen LogP contribution is 2.47. The highest BCUT2D eigenvalue weighted by atomic mass is 32.2. The van der Waals surface area contributed by atoms with Crippen molar-refractivity contribution in [3.8, 4) is 5.75 Å². The Labute approximate surface area is 147 Å². The summed E-state index contributed by atoms with van der Waals surface area (Å²) in [7, 11) is 0. The van der Waals surface area contributed by atoms with E-state index in [9.17, 15) is 0 Å². The molecular formula is C19H21N3OS. The number of benzene rings is 1. The van der Waals surface area contributed by atoms with Crippen molar-refractivity contribution in [1.29, 1.82) is 0 Å². The maximum Gasteiger partial charge on any atom is 0.160 e. The molecule has 4 rings (SSSR count). The van der Waals surface area contributed by atoms with Gasteiger partial charge < -0.3 is 9.64 Å². The lowest BCUT2D eigenvalue weighted by Crippen LogP contribution is -2.28. The average molecular weight is 339 g/mol. The third-order valence-electron chi connectivity index (χ3n) is 4.41. The summed E-state index contributed by atoms with van der Waals surface area (Å²) in [6.45, 7) is 5.99. The van der Waals surface area contributed by atoms with Gasteiger partial charge in [-0.15, -0.1) is 0 Å². The number of fused-ring (bicyclic) bond motifs is 1. The van der Waals surface area contributed by atoms with Gasteiger partial charge in [0.15, 0.2) is 5.17 Å². The predicted octanol–water partition coefficient (Wildman–Crippen LogP) is 4.07. The molecule has 2 aliphatic heterocycles. The summed E-state index contributed by atoms with van der Waals surface area (Å²) in [5, 5.41) is 1.73. The lowest BCUT2D eigenvalue weighted by Gasteiger charge is -2.27. The molecule has 0 N–H and O–H groups in total. The Morgan fingerprint density at radius 3 is 2.75 bits per heavy atom. The van der Waals surface area contributed by atoms with Gasteiger partial charge in [-0.2, -0.15) is 0 Å². The molecule has 3 unspecified atom stereocenters. The summed E-state index contributed by atoms with van der Waals surface area (Å²) in [5.41, 5.74) is 2.30. The number of thioether (sulfide) groups is 1. The van der Waals surface area contributed by atoms with Crippen LogP contribution in [0.1, 0.15) is 37.2 Å². The van der Waals surface area contributed by atoms with Gasteiger partial charge in [0.1, 0.15) is 11.8 Å². The Kier molecular flexibility index (Phi) is 4.19. The Bertz CT molecular complexity index is 732. The van der Waals surface area contributed by atoms with E-state index in [0.717, 1.165) is 23.2 Å². The summed E-state index contributed by atoms with van der Waals surface area (Å²) in [4.78, 5) is 12.0. The maximum atomic E-state index is 5.58. The largest absolute Gasteiger partial charge is 0.494 e. The zero-order chi connectivity index (χ0) is 16.5. The number of aromatic nitrogens is 1. The normalized spacial score (nSPS) is 25.5. The fraction of sp³-hybridized carbons (Fsp3) is 0.368. The van der Waals surface area contributed by atoms with Crippen LogP contribution in [0.5, 0.6) is 5.75 Å². The molecule has 2 aliphatic rings. The second-order valence-electron chi connectivity index (χ2n) is 6.14. The molecule has 1 saturated heterocycles. The van der Waals surface area contributed by atoms with Crippen LogP contribution in [0.15, 0.2) is 53.7 Å². The molecule has 3 heterocycles. The van der Waals surface area contributed by atoms with Crippen molar-refractivity contribution in [2.24, 2.45) is 4.99 Å². The van der Waals surface area contributed by atoms with Gasteiger partial charge in [0.2, 0.25) is 0 Å². The topological polar surface area (TPSA) is 37.7 Å². The van der Waals surface area contributed by atoms with E-state index in [4.69, 9.17) is 9.73 Å². The molecule has 4 nitrogen and oxygen atoms in total. The Morgan fingerprint density at radius 2 is 2.04 bits per heavy atom. The molecule has 0 spiro atoms. The monoisotopic (exact) mass is 339 g/mol. The number of pyridine rings is 1. The molecule has 1 fully saturated rings. The van der Waals surface area contributed by atoms with Crippen LogP contribution >= 0.6 is 11.8 Å². The SMILES string of the molecule is CCOc1ccc(C2C(c3ccccn3)N=C3SC(C)CN32)cc1. The number of ether oxygens (including phenoxy) is 1. The summed E-state index contributed by atoms with van der Waals surface area (Å²) in [6, 6.07) is 14.8. The van der Waals surface area contributed by atoms with Gasteiger partial charge in [-0.1, -0.05) is 36.9 Å². The molecule has 0 saturated carbocycles. The zero-order valence-corrected chi connectivity index (χ0v) is 14.7. The van der Waals surface area contributed by atoms with Crippen molar-refractivity contribution in [2.75, 3.05) is 13.2 Å². The number of hydrogen-bond acceptors (Lipinski definition) is 5. The van der Waals surface area contributed by atoms with Gasteiger partial charge >= 0.3 is 0 Å². The first-order valence-corrected chi connectivity index (χ1v) is 9.29. The molecule has 1 aromatic carbocycles. The molecule has 24 heavy (non-hydrogen) atoms. The fourth-order valence-electron chi connectivity index (χ4n) is 3.41. The van der Waals surface area contributed by atoms with Crippen LogP contribution < -0.4 is 4.74 Å². The minimum Gasteiger partial charge on any atom is -0.494 e. The maximum absolute atomic E-state index is 5.58. The van der Waals surface area contributed by atoms with Gasteiger partial charge in [0.25, 0.3) is 0 Å². The summed E-state index contributed by atoms with van der Waals surface area (Å²) >= 11 is 1.87. The van der Waals surface area contributed by atoms with Crippen molar-refractivity contribution in [1.82, 2.24) is 9.88 Å². The summed E-state index contributed by atoms with van der Waals surface area (Å²) in [5.74, 6) is 0.916. The van der Waals surface area contributed by atoms with Crippen LogP contribution in [-0.4, -0.2) is 33.5 Å². The molecule has 0 bridgehead atoms. The van der Waals surface area contributed by atoms with Crippen molar-refractivity contribution in [3.05, 3.63) is 59.9 Å². The summed E-state index contributed by atoms with van der Waals surface area (Å²) < 4.78 is 5.58. The zero-order valence-electron chi connectivity index (χ0n) is 13.9. The predicted molar refractivity (Wildman–Crippen MR) is 98.5 cm³/mol. The summed E-state index contributed by atoms with van der Waals surface area (Å²) in [6.07, 6.45) is 1.85. The van der Waals surface area contributed by atoms with Crippen molar-refractivity contribution in [3.63, 3.8) is 0 Å². The Balaban J connectivity index is 1.70. The third kappa shape index (κ3) is 2.77. The molecule has 1 aromatic heterocycles. The fourth-order valence-corrected chi connectivity index (χ4v) is 4.50. The second kappa shape index (κ2) is 6.48. The quantitative estimate of drug-likeness (QED) is 0.841. The van der Waals surface area contributed by atoms with E-state index in [2.05, 4.69) is 47.1 Å². The second-order valence-corrected chi connectivity index (χ2v) is 7.54. The highest BCUT2D eigenvalue weighted by Gasteiger charge is 2.43. The van der Waals surface area contributed by atoms with Crippen molar-refractivity contribution in [2.45, 2.75) is 31.2 Å². The van der Waals surface area contributed by atoms with Gasteiger partial charge in [-0.3, -0.25) is 9.98 Å². The smallest absolute Gasteiger partial charge is 0.160 e. The number of amidine groups is 1. The van der Waals surface area contributed by atoms with Gasteiger partial charge in [0, 0.05) is 18.0 Å². The number of aliphatic imine (C=N–C) groups is 1. The molecule has 0 amide bonds. The van der Waals surface area contributed by atoms with Crippen LogP contribution in [0.4, 0.5) is 0 Å². The number of nitrogens with zero attached hydrogens (tertiary/aromatic N) is 3. The van der Waals surface area contributed by atoms with E-state index in [1.807, 2.05) is 37.0 Å². The lowest BCUT2D eigenvalue weighted by molar-refractivity contribution is 0.319. The lowest BCUT2D eigenvalue weighted by atomic mass is 9.96. The molecule has 0 radical (unpaired) electrons. The molecular weight excluding hydrogens is 318 g/mol. The van der Waals surface area contributed by atoms with E-state index in [0.29, 0.717) is 11.9 Å². The van der Waals surface area contributed by atoms with Gasteiger partial charge in [-0.25, -0.2) is 0 Å². The molecule has 0 aliphatic carbocycles. The number of hydrogen-bond donors (Lipinski definition) is 0. The van der Waals surface area contributed by atoms with Crippen LogP contribution in [0.25, 0.3) is 0 Å². The molecule has 5 heteroatoms. The standard InChI is InChI=1S/C19H21N3OS/c1-3-23-15-9-7-14(8-10-15)18-17(16-6-4-5-11-20-16)21-19-22(18)12-13(2)24-19/h4-11,13,17-18H,3,12H2,1-2H3. The Hall–Kier alpha value is -2.01. The third-order valence-corrected chi connectivity index (χ3v) is 5.52. The van der Waals surface area contributed by atoms with Gasteiger partial charge in [-0.05, 0) is 36.8 Å². The average Bonchev–Trinajstić information content (AvgIpc) is 3.13. The van der Waals surface area contributed by atoms with Crippen LogP contribution in [-0.2, 0) is 0 Å². The van der Waals surface area contributed by atoms with Crippen LogP contribution in [0.2, 0.25) is 0 Å². The van der Waals surface area contributed by atoms with E-state index < -0.39 is 0 Å². The van der Waals surface area contributed by atoms with E-state index in [1.165, 1.54) is 5.56 Å². The van der Waals surface area contributed by atoms with E-state index in [-0.39, 0.29) is 12.1 Å². The van der Waals surface area contributed by atoms with E-state index >= 15 is 0 Å². The molecule has 124 valence electrons. The van der Waals surface area contributed by atoms with Crippen molar-refractivity contribution < 1.29 is 4.74 Å². The highest BCUT2D eigenvalue weighted by molar-refractivity contribution is 8.14. The minimum absolute atomic E-state index is 0.0548. The van der Waals surface area contributed by atoms with Crippen LogP contribution in [0, 0.1) is 0 Å². The minimum atomic E-state index is 0.0548. The first-order valence-electron chi connectivity index (χ1n) is 8.41.